The average molecular weight is 186 g/mol. The van der Waals surface area contributed by atoms with E-state index in [-0.39, 0.29) is 11.6 Å². The molecule has 2 unspecified atom stereocenters. The topological polar surface area (TPSA) is 44.3 Å². The summed E-state index contributed by atoms with van der Waals surface area (Å²) in [4.78, 5) is 0. The molecule has 1 aliphatic rings. The summed E-state index contributed by atoms with van der Waals surface area (Å²) >= 11 is 0. The molecule has 0 spiro atoms. The van der Waals surface area contributed by atoms with Crippen LogP contribution in [0.15, 0.2) is 0 Å². The zero-order valence-corrected chi connectivity index (χ0v) is 8.93. The van der Waals surface area contributed by atoms with E-state index >= 15 is 0 Å². The van der Waals surface area contributed by atoms with Crippen molar-refractivity contribution in [3.63, 3.8) is 0 Å². The molecule has 0 bridgehead atoms. The maximum atomic E-state index is 9.47. The molecule has 78 valence electrons. The van der Waals surface area contributed by atoms with E-state index in [0.29, 0.717) is 6.04 Å². The van der Waals surface area contributed by atoms with Gasteiger partial charge in [-0.2, -0.15) is 0 Å². The Hall–Kier alpha value is -0.120. The molecule has 13 heavy (non-hydrogen) atoms. The third kappa shape index (κ3) is 3.25. The number of aliphatic hydroxyl groups is 1. The van der Waals surface area contributed by atoms with Crippen molar-refractivity contribution in [1.82, 2.24) is 10.6 Å². The fraction of sp³-hybridized carbons (Fsp3) is 1.00. The van der Waals surface area contributed by atoms with Gasteiger partial charge in [-0.1, -0.05) is 0 Å². The lowest BCUT2D eigenvalue weighted by molar-refractivity contribution is 0.0953. The second kappa shape index (κ2) is 4.40. The molecule has 1 rings (SSSR count). The molecule has 1 fully saturated rings. The predicted octanol–water partition coefficient (Wildman–Crippen LogP) is 0.487. The first kappa shape index (κ1) is 11.0. The van der Waals surface area contributed by atoms with E-state index in [9.17, 15) is 5.11 Å². The fourth-order valence-corrected chi connectivity index (χ4v) is 1.46. The fourth-order valence-electron chi connectivity index (χ4n) is 1.46. The Morgan fingerprint density at radius 2 is 2.31 bits per heavy atom. The summed E-state index contributed by atoms with van der Waals surface area (Å²) < 4.78 is 0. The van der Waals surface area contributed by atoms with Crippen LogP contribution < -0.4 is 10.6 Å². The molecular formula is C10H22N2O. The third-order valence-electron chi connectivity index (χ3n) is 3.01. The molecule has 0 aromatic rings. The minimum atomic E-state index is -0.311. The first-order valence-corrected chi connectivity index (χ1v) is 5.19. The van der Waals surface area contributed by atoms with Crippen LogP contribution in [0.3, 0.4) is 0 Å². The van der Waals surface area contributed by atoms with Crippen molar-refractivity contribution in [1.29, 1.82) is 0 Å². The van der Waals surface area contributed by atoms with Gasteiger partial charge in [-0.05, 0) is 40.2 Å². The average Bonchev–Trinajstić information content (AvgIpc) is 2.52. The van der Waals surface area contributed by atoms with Crippen LogP contribution in [0.5, 0.6) is 0 Å². The minimum absolute atomic E-state index is 0.176. The number of hydrogen-bond donors (Lipinski definition) is 3. The molecule has 0 aromatic heterocycles. The highest BCUT2D eigenvalue weighted by molar-refractivity contribution is 4.86. The van der Waals surface area contributed by atoms with Gasteiger partial charge in [-0.3, -0.25) is 0 Å². The van der Waals surface area contributed by atoms with E-state index in [1.54, 1.807) is 0 Å². The van der Waals surface area contributed by atoms with Gasteiger partial charge in [0.2, 0.25) is 0 Å². The number of hydrogen-bond acceptors (Lipinski definition) is 3. The highest BCUT2D eigenvalue weighted by Gasteiger charge is 2.25. The highest BCUT2D eigenvalue weighted by atomic mass is 16.3. The summed E-state index contributed by atoms with van der Waals surface area (Å²) in [6.07, 6.45) is 2.22. The van der Waals surface area contributed by atoms with Crippen LogP contribution in [-0.4, -0.2) is 35.9 Å². The third-order valence-corrected chi connectivity index (χ3v) is 3.01. The normalized spacial score (nSPS) is 26.3. The van der Waals surface area contributed by atoms with Gasteiger partial charge < -0.3 is 15.7 Å². The first-order chi connectivity index (χ1) is 6.02. The molecule has 0 amide bonds. The van der Waals surface area contributed by atoms with Crippen LogP contribution in [-0.2, 0) is 0 Å². The molecule has 0 aliphatic carbocycles. The molecule has 3 nitrogen and oxygen atoms in total. The zero-order valence-electron chi connectivity index (χ0n) is 8.93. The second-order valence-electron chi connectivity index (χ2n) is 4.57. The molecule has 3 N–H and O–H groups in total. The van der Waals surface area contributed by atoms with Gasteiger partial charge in [0.05, 0.1) is 6.10 Å². The van der Waals surface area contributed by atoms with Crippen LogP contribution in [0.25, 0.3) is 0 Å². The highest BCUT2D eigenvalue weighted by Crippen LogP contribution is 2.10. The monoisotopic (exact) mass is 186 g/mol. The quantitative estimate of drug-likeness (QED) is 0.598. The molecule has 0 saturated carbocycles. The maximum Gasteiger partial charge on any atom is 0.0688 e. The summed E-state index contributed by atoms with van der Waals surface area (Å²) in [5.74, 6) is 0. The van der Waals surface area contributed by atoms with Gasteiger partial charge >= 0.3 is 0 Å². The van der Waals surface area contributed by atoms with E-state index in [2.05, 4.69) is 10.6 Å². The molecule has 1 aliphatic heterocycles. The Morgan fingerprint density at radius 3 is 2.77 bits per heavy atom. The first-order valence-electron chi connectivity index (χ1n) is 5.19. The number of rotatable bonds is 4. The Kier molecular flexibility index (Phi) is 3.71. The minimum Gasteiger partial charge on any atom is -0.392 e. The van der Waals surface area contributed by atoms with Crippen molar-refractivity contribution in [3.05, 3.63) is 0 Å². The number of aliphatic hydroxyl groups excluding tert-OH is 1. The summed E-state index contributed by atoms with van der Waals surface area (Å²) in [7, 11) is 0. The van der Waals surface area contributed by atoms with Gasteiger partial charge in [-0.25, -0.2) is 0 Å². The summed E-state index contributed by atoms with van der Waals surface area (Å²) in [6.45, 7) is 7.99. The van der Waals surface area contributed by atoms with E-state index in [0.717, 1.165) is 13.1 Å². The lowest BCUT2D eigenvalue weighted by Gasteiger charge is -2.30. The maximum absolute atomic E-state index is 9.47. The summed E-state index contributed by atoms with van der Waals surface area (Å²) in [5.41, 5.74) is -0.176. The standard InChI is InChI=1S/C10H22N2O/c1-8(13)10(2,3)12-7-9-5-4-6-11-9/h8-9,11-13H,4-7H2,1-3H3. The van der Waals surface area contributed by atoms with Crippen LogP contribution in [0.2, 0.25) is 0 Å². The predicted molar refractivity (Wildman–Crippen MR) is 54.8 cm³/mol. The molecule has 1 saturated heterocycles. The van der Waals surface area contributed by atoms with Gasteiger partial charge in [0, 0.05) is 18.1 Å². The molecular weight excluding hydrogens is 164 g/mol. The smallest absolute Gasteiger partial charge is 0.0688 e. The van der Waals surface area contributed by atoms with Crippen LogP contribution >= 0.6 is 0 Å². The van der Waals surface area contributed by atoms with E-state index < -0.39 is 0 Å². The van der Waals surface area contributed by atoms with Gasteiger partial charge in [-0.15, -0.1) is 0 Å². The van der Waals surface area contributed by atoms with E-state index in [1.165, 1.54) is 12.8 Å². The van der Waals surface area contributed by atoms with E-state index in [1.807, 2.05) is 20.8 Å². The molecule has 2 atom stereocenters. The Bertz CT molecular complexity index is 151. The van der Waals surface area contributed by atoms with Gasteiger partial charge in [0.1, 0.15) is 0 Å². The van der Waals surface area contributed by atoms with Crippen molar-refractivity contribution in [2.24, 2.45) is 0 Å². The summed E-state index contributed by atoms with van der Waals surface area (Å²) in [5, 5.41) is 16.3. The zero-order chi connectivity index (χ0) is 9.90. The molecule has 0 aromatic carbocycles. The van der Waals surface area contributed by atoms with Crippen molar-refractivity contribution >= 4 is 0 Å². The van der Waals surface area contributed by atoms with Gasteiger partial charge in [0.15, 0.2) is 0 Å². The van der Waals surface area contributed by atoms with Gasteiger partial charge in [0.25, 0.3) is 0 Å². The van der Waals surface area contributed by atoms with Crippen LogP contribution in [0, 0.1) is 0 Å². The second-order valence-corrected chi connectivity index (χ2v) is 4.57. The Balaban J connectivity index is 2.24. The van der Waals surface area contributed by atoms with E-state index in [4.69, 9.17) is 0 Å². The lowest BCUT2D eigenvalue weighted by atomic mass is 9.98. The Morgan fingerprint density at radius 1 is 1.62 bits per heavy atom. The van der Waals surface area contributed by atoms with Crippen molar-refractivity contribution in [3.8, 4) is 0 Å². The van der Waals surface area contributed by atoms with Crippen LogP contribution in [0.1, 0.15) is 33.6 Å². The molecule has 3 heteroatoms. The number of nitrogens with one attached hydrogen (secondary N) is 2. The van der Waals surface area contributed by atoms with Crippen molar-refractivity contribution < 1.29 is 5.11 Å². The molecule has 1 heterocycles. The van der Waals surface area contributed by atoms with Crippen molar-refractivity contribution in [2.75, 3.05) is 13.1 Å². The Labute approximate surface area is 80.9 Å². The van der Waals surface area contributed by atoms with Crippen molar-refractivity contribution in [2.45, 2.75) is 51.3 Å². The largest absolute Gasteiger partial charge is 0.392 e. The lowest BCUT2D eigenvalue weighted by Crippen LogP contribution is -2.51. The molecule has 0 radical (unpaired) electrons. The van der Waals surface area contributed by atoms with Crippen LogP contribution in [0.4, 0.5) is 0 Å². The SMILES string of the molecule is CC(O)C(C)(C)NCC1CCCN1. The summed E-state index contributed by atoms with van der Waals surface area (Å²) in [6, 6.07) is 0.595.